The zero-order chi connectivity index (χ0) is 28.4. The number of amides is 3. The van der Waals surface area contributed by atoms with Gasteiger partial charge >= 0.3 is 0 Å². The molecule has 0 bridgehead atoms. The highest BCUT2D eigenvalue weighted by Crippen LogP contribution is 2.33. The minimum Gasteiger partial charge on any atom is -0.343 e. The number of carbonyl (C=O) groups excluding carboxylic acids is 3. The first-order valence-corrected chi connectivity index (χ1v) is 14.9. The lowest BCUT2D eigenvalue weighted by atomic mass is 9.94. The molecule has 1 aromatic carbocycles. The molecule has 3 aliphatic heterocycles. The molecule has 214 valence electrons. The predicted molar refractivity (Wildman–Crippen MR) is 157 cm³/mol. The third kappa shape index (κ3) is 6.29. The predicted octanol–water partition coefficient (Wildman–Crippen LogP) is 4.38. The molecule has 8 nitrogen and oxygen atoms in total. The van der Waals surface area contributed by atoms with Crippen LogP contribution in [0.2, 0.25) is 10.0 Å². The Morgan fingerprint density at radius 2 is 1.68 bits per heavy atom. The lowest BCUT2D eigenvalue weighted by Crippen LogP contribution is -2.44. The number of aryl methyl sites for hydroxylation is 1. The van der Waals surface area contributed by atoms with Gasteiger partial charge in [-0.3, -0.25) is 14.4 Å². The van der Waals surface area contributed by atoms with E-state index in [4.69, 9.17) is 23.2 Å². The van der Waals surface area contributed by atoms with Crippen molar-refractivity contribution in [2.75, 3.05) is 57.3 Å². The fourth-order valence-electron chi connectivity index (χ4n) is 6.36. The number of piperidine rings is 1. The molecule has 0 aliphatic carbocycles. The molecule has 4 heterocycles. The van der Waals surface area contributed by atoms with Crippen LogP contribution in [0, 0.1) is 24.7 Å². The molecule has 0 radical (unpaired) electrons. The van der Waals surface area contributed by atoms with E-state index in [-0.39, 0.29) is 23.6 Å². The van der Waals surface area contributed by atoms with Crippen molar-refractivity contribution in [3.8, 4) is 0 Å². The summed E-state index contributed by atoms with van der Waals surface area (Å²) in [7, 11) is 0. The molecule has 40 heavy (non-hydrogen) atoms. The highest BCUT2D eigenvalue weighted by molar-refractivity contribution is 6.33. The van der Waals surface area contributed by atoms with Gasteiger partial charge in [-0.05, 0) is 74.4 Å². The van der Waals surface area contributed by atoms with E-state index in [0.717, 1.165) is 50.4 Å². The fourth-order valence-corrected chi connectivity index (χ4v) is 6.74. The van der Waals surface area contributed by atoms with Crippen LogP contribution in [0.3, 0.4) is 0 Å². The summed E-state index contributed by atoms with van der Waals surface area (Å²) in [5.41, 5.74) is 2.14. The summed E-state index contributed by atoms with van der Waals surface area (Å²) in [5.74, 6) is 0.864. The maximum Gasteiger partial charge on any atom is 0.274 e. The topological polar surface area (TPSA) is 77.1 Å². The zero-order valence-corrected chi connectivity index (χ0v) is 24.7. The highest BCUT2D eigenvalue weighted by Gasteiger charge is 2.42. The van der Waals surface area contributed by atoms with Gasteiger partial charge in [0.05, 0.1) is 5.02 Å². The second kappa shape index (κ2) is 12.5. The number of pyridine rings is 1. The summed E-state index contributed by atoms with van der Waals surface area (Å²) in [6.45, 7) is 9.61. The number of likely N-dealkylation sites (tertiary alicyclic amines) is 3. The first-order valence-electron chi connectivity index (χ1n) is 14.2. The maximum atomic E-state index is 13.7. The fraction of sp³-hybridized carbons (Fsp3) is 0.533. The molecule has 2 aromatic rings. The van der Waals surface area contributed by atoms with Crippen LogP contribution in [0.15, 0.2) is 36.5 Å². The van der Waals surface area contributed by atoms with Crippen molar-refractivity contribution in [1.29, 1.82) is 0 Å². The van der Waals surface area contributed by atoms with Crippen LogP contribution in [-0.2, 0) is 9.59 Å². The van der Waals surface area contributed by atoms with Gasteiger partial charge in [-0.25, -0.2) is 4.98 Å². The van der Waals surface area contributed by atoms with E-state index in [9.17, 15) is 14.4 Å². The molecular formula is C30H37Cl2N5O3. The minimum atomic E-state index is -0.0991. The summed E-state index contributed by atoms with van der Waals surface area (Å²) in [4.78, 5) is 50.7. The molecular weight excluding hydrogens is 549 g/mol. The average molecular weight is 587 g/mol. The zero-order valence-electron chi connectivity index (χ0n) is 23.2. The Hall–Kier alpha value is -2.68. The summed E-state index contributed by atoms with van der Waals surface area (Å²) in [6, 6.07) is 9.26. The van der Waals surface area contributed by atoms with Crippen LogP contribution in [0.1, 0.15) is 42.2 Å². The normalized spacial score (nSPS) is 21.5. The Bertz CT molecular complexity index is 1250. The number of hydrogen-bond acceptors (Lipinski definition) is 5. The minimum absolute atomic E-state index is 0.0662. The Morgan fingerprint density at radius 3 is 2.30 bits per heavy atom. The Kier molecular flexibility index (Phi) is 8.98. The molecule has 3 saturated heterocycles. The molecule has 1 aromatic heterocycles. The van der Waals surface area contributed by atoms with Crippen LogP contribution in [0.5, 0.6) is 0 Å². The summed E-state index contributed by atoms with van der Waals surface area (Å²) in [5, 5.41) is 1.05. The second-order valence-corrected chi connectivity index (χ2v) is 12.2. The van der Waals surface area contributed by atoms with Crippen LogP contribution in [0.25, 0.3) is 0 Å². The van der Waals surface area contributed by atoms with Crippen LogP contribution < -0.4 is 4.90 Å². The third-order valence-electron chi connectivity index (χ3n) is 8.69. The van der Waals surface area contributed by atoms with E-state index < -0.39 is 0 Å². The Morgan fingerprint density at radius 1 is 0.975 bits per heavy atom. The van der Waals surface area contributed by atoms with Crippen molar-refractivity contribution >= 4 is 46.6 Å². The van der Waals surface area contributed by atoms with Gasteiger partial charge in [-0.2, -0.15) is 0 Å². The quantitative estimate of drug-likeness (QED) is 0.482. The largest absolute Gasteiger partial charge is 0.343 e. The first kappa shape index (κ1) is 28.8. The number of aromatic nitrogens is 1. The summed E-state index contributed by atoms with van der Waals surface area (Å²) in [6.07, 6.45) is 3.81. The third-order valence-corrected chi connectivity index (χ3v) is 9.40. The second-order valence-electron chi connectivity index (χ2n) is 11.4. The van der Waals surface area contributed by atoms with Crippen LogP contribution >= 0.6 is 23.2 Å². The van der Waals surface area contributed by atoms with Crippen molar-refractivity contribution in [3.63, 3.8) is 0 Å². The lowest BCUT2D eigenvalue weighted by molar-refractivity contribution is -0.133. The number of nitrogens with zero attached hydrogens (tertiary/aromatic N) is 5. The molecule has 2 atom stereocenters. The van der Waals surface area contributed by atoms with E-state index in [1.807, 2.05) is 39.8 Å². The highest BCUT2D eigenvalue weighted by atomic mass is 35.5. The molecule has 3 aliphatic rings. The molecule has 5 rings (SSSR count). The number of halogens is 2. The van der Waals surface area contributed by atoms with Crippen molar-refractivity contribution in [1.82, 2.24) is 19.7 Å². The number of fused-ring (bicyclic) bond motifs is 1. The van der Waals surface area contributed by atoms with Gasteiger partial charge in [0, 0.05) is 75.6 Å². The average Bonchev–Trinajstić information content (AvgIpc) is 3.51. The van der Waals surface area contributed by atoms with Crippen molar-refractivity contribution in [3.05, 3.63) is 57.8 Å². The van der Waals surface area contributed by atoms with Gasteiger partial charge in [0.1, 0.15) is 5.69 Å². The van der Waals surface area contributed by atoms with Gasteiger partial charge in [0.15, 0.2) is 0 Å². The van der Waals surface area contributed by atoms with Gasteiger partial charge in [-0.15, -0.1) is 0 Å². The molecule has 0 spiro atoms. The number of anilines is 1. The van der Waals surface area contributed by atoms with Gasteiger partial charge in [0.2, 0.25) is 11.8 Å². The smallest absolute Gasteiger partial charge is 0.274 e. The van der Waals surface area contributed by atoms with E-state index in [2.05, 4.69) is 9.88 Å². The van der Waals surface area contributed by atoms with Crippen molar-refractivity contribution in [2.45, 2.75) is 33.1 Å². The van der Waals surface area contributed by atoms with Crippen molar-refractivity contribution < 1.29 is 14.4 Å². The van der Waals surface area contributed by atoms with Crippen molar-refractivity contribution in [2.24, 2.45) is 17.8 Å². The molecule has 10 heteroatoms. The number of hydrogen-bond donors (Lipinski definition) is 0. The van der Waals surface area contributed by atoms with Gasteiger partial charge in [-0.1, -0.05) is 29.3 Å². The number of carbonyl (C=O) groups is 3. The number of rotatable bonds is 7. The summed E-state index contributed by atoms with van der Waals surface area (Å²) < 4.78 is 0. The van der Waals surface area contributed by atoms with E-state index in [1.54, 1.807) is 25.3 Å². The molecule has 3 amide bonds. The monoisotopic (exact) mass is 585 g/mol. The van der Waals surface area contributed by atoms with E-state index >= 15 is 0 Å². The van der Waals surface area contributed by atoms with E-state index in [1.165, 1.54) is 0 Å². The molecule has 0 N–H and O–H groups in total. The Balaban J connectivity index is 1.16. The van der Waals surface area contributed by atoms with Crippen LogP contribution in [0.4, 0.5) is 5.69 Å². The van der Waals surface area contributed by atoms with Gasteiger partial charge in [0.25, 0.3) is 5.91 Å². The standard InChI is InChI=1S/C30H37Cl2N5O3/c1-20-6-7-25(15-27(20)32)37(29(39)22-8-13-35(14-9-22)21(2)38)12-4-11-34-16-23-18-36(19-24(23)17-34)30(40)28-26(31)5-3-10-33-28/h3,5-7,10,15,22-24H,4,8-9,11-14,16-19H2,1-2H3. The molecule has 2 unspecified atom stereocenters. The SMILES string of the molecule is CC(=O)N1CCC(C(=O)N(CCCN2CC3CN(C(=O)c4ncccc4Cl)CC3C2)c2ccc(C)c(Cl)c2)CC1. The molecule has 0 saturated carbocycles. The van der Waals surface area contributed by atoms with Crippen LogP contribution in [-0.4, -0.2) is 89.8 Å². The maximum absolute atomic E-state index is 13.7. The first-order chi connectivity index (χ1) is 19.2. The Labute approximate surface area is 246 Å². The number of benzene rings is 1. The molecule has 3 fully saturated rings. The lowest BCUT2D eigenvalue weighted by Gasteiger charge is -2.34. The van der Waals surface area contributed by atoms with E-state index in [0.29, 0.717) is 60.1 Å². The van der Waals surface area contributed by atoms with Gasteiger partial charge < -0.3 is 19.6 Å². The summed E-state index contributed by atoms with van der Waals surface area (Å²) >= 11 is 12.7.